The number of nitrogens with zero attached hydrogens (tertiary/aromatic N) is 1. The van der Waals surface area contributed by atoms with Crippen LogP contribution in [0.2, 0.25) is 0 Å². The van der Waals surface area contributed by atoms with Gasteiger partial charge in [-0.25, -0.2) is 4.79 Å². The third-order valence-electron chi connectivity index (χ3n) is 4.46. The van der Waals surface area contributed by atoms with Crippen molar-refractivity contribution in [3.05, 3.63) is 52.8 Å². The average molecular weight is 371 g/mol. The van der Waals surface area contributed by atoms with Gasteiger partial charge in [0.15, 0.2) is 0 Å². The zero-order valence-corrected chi connectivity index (χ0v) is 16.9. The molecule has 26 heavy (non-hydrogen) atoms. The van der Waals surface area contributed by atoms with Gasteiger partial charge in [-0.2, -0.15) is 0 Å². The first-order chi connectivity index (χ1) is 12.2. The summed E-state index contributed by atoms with van der Waals surface area (Å²) in [5.41, 5.74) is 6.42. The Bertz CT molecular complexity index is 827. The molecule has 0 radical (unpaired) electrons. The Hall–Kier alpha value is -2.01. The van der Waals surface area contributed by atoms with Gasteiger partial charge in [0.05, 0.1) is 10.9 Å². The number of hydrogen-bond donors (Lipinski definition) is 1. The van der Waals surface area contributed by atoms with E-state index in [4.69, 9.17) is 4.74 Å². The van der Waals surface area contributed by atoms with E-state index in [-0.39, 0.29) is 10.6 Å². The van der Waals surface area contributed by atoms with Crippen molar-refractivity contribution in [3.8, 4) is 0 Å². The number of thioether (sulfide) groups is 1. The molecule has 0 saturated heterocycles. The van der Waals surface area contributed by atoms with E-state index in [9.17, 15) is 4.79 Å². The maximum absolute atomic E-state index is 12.2. The summed E-state index contributed by atoms with van der Waals surface area (Å²) in [5.74, 6) is 0. The number of pyridine rings is 1. The minimum absolute atomic E-state index is 0.0568. The van der Waals surface area contributed by atoms with Gasteiger partial charge >= 0.3 is 5.30 Å². The topological polar surface area (TPSA) is 51.2 Å². The van der Waals surface area contributed by atoms with Crippen LogP contribution in [0.5, 0.6) is 0 Å². The van der Waals surface area contributed by atoms with Crippen LogP contribution in [0.15, 0.2) is 30.5 Å². The molecule has 1 N–H and O–H groups in total. The quantitative estimate of drug-likeness (QED) is 0.662. The predicted molar refractivity (Wildman–Crippen MR) is 108 cm³/mol. The minimum atomic E-state index is -0.467. The molecular formula is C21H26N2O2S. The van der Waals surface area contributed by atoms with Gasteiger partial charge in [0.25, 0.3) is 0 Å². The Morgan fingerprint density at radius 2 is 2.00 bits per heavy atom. The van der Waals surface area contributed by atoms with Crippen molar-refractivity contribution in [3.63, 3.8) is 0 Å². The zero-order chi connectivity index (χ0) is 18.9. The van der Waals surface area contributed by atoms with Gasteiger partial charge in [-0.1, -0.05) is 6.07 Å². The molecule has 138 valence electrons. The number of anilines is 2. The Labute approximate surface area is 159 Å². The maximum Gasteiger partial charge on any atom is 0.368 e. The molecule has 0 saturated carbocycles. The van der Waals surface area contributed by atoms with Crippen molar-refractivity contribution >= 4 is 28.4 Å². The van der Waals surface area contributed by atoms with Gasteiger partial charge in [-0.3, -0.25) is 4.98 Å². The standard InChI is InChI=1S/C21H26N2O2S/c1-13-6-7-15(12-14(13)2)23-17-10-11-22-19-16(17)8-9-18(19)26-20(24)25-21(3,4)5/h6-7,10-12,18H,8-9H2,1-5H3,(H,22,23). The molecule has 4 nitrogen and oxygen atoms in total. The lowest BCUT2D eigenvalue weighted by Gasteiger charge is -2.20. The highest BCUT2D eigenvalue weighted by Gasteiger charge is 2.30. The van der Waals surface area contributed by atoms with E-state index in [2.05, 4.69) is 42.3 Å². The molecule has 1 aromatic carbocycles. The second kappa shape index (κ2) is 7.31. The Kier molecular flexibility index (Phi) is 5.28. The van der Waals surface area contributed by atoms with E-state index in [0.717, 1.165) is 29.9 Å². The molecule has 1 heterocycles. The number of rotatable bonds is 3. The number of benzene rings is 1. The normalized spacial score (nSPS) is 16.3. The fraction of sp³-hybridized carbons (Fsp3) is 0.429. The fourth-order valence-electron chi connectivity index (χ4n) is 3.06. The molecule has 1 aliphatic carbocycles. The molecule has 5 heteroatoms. The van der Waals surface area contributed by atoms with E-state index < -0.39 is 5.60 Å². The molecule has 1 atom stereocenters. The fourth-order valence-corrected chi connectivity index (χ4v) is 4.14. The molecule has 1 unspecified atom stereocenters. The second-order valence-corrected chi connectivity index (χ2v) is 8.89. The Morgan fingerprint density at radius 3 is 2.69 bits per heavy atom. The summed E-state index contributed by atoms with van der Waals surface area (Å²) in [6.07, 6.45) is 3.63. The highest BCUT2D eigenvalue weighted by atomic mass is 32.2. The van der Waals surface area contributed by atoms with E-state index in [1.807, 2.05) is 33.0 Å². The molecule has 1 aliphatic rings. The number of hydrogen-bond acceptors (Lipinski definition) is 5. The third-order valence-corrected chi connectivity index (χ3v) is 5.48. The SMILES string of the molecule is Cc1ccc(Nc2ccnc3c2CCC3SC(=O)OC(C)(C)C)cc1C. The number of ether oxygens (including phenoxy) is 1. The summed E-state index contributed by atoms with van der Waals surface area (Å²) < 4.78 is 5.45. The van der Waals surface area contributed by atoms with Crippen LogP contribution in [0, 0.1) is 13.8 Å². The molecule has 0 fully saturated rings. The number of aryl methyl sites for hydroxylation is 2. The highest BCUT2D eigenvalue weighted by Crippen LogP contribution is 2.44. The first-order valence-corrected chi connectivity index (χ1v) is 9.82. The van der Waals surface area contributed by atoms with Crippen LogP contribution in [0.1, 0.15) is 54.8 Å². The average Bonchev–Trinajstić information content (AvgIpc) is 2.93. The maximum atomic E-state index is 12.2. The van der Waals surface area contributed by atoms with Gasteiger partial charge in [0.2, 0.25) is 0 Å². The summed E-state index contributed by atoms with van der Waals surface area (Å²) in [7, 11) is 0. The Balaban J connectivity index is 1.77. The van der Waals surface area contributed by atoms with Crippen molar-refractivity contribution in [1.29, 1.82) is 0 Å². The molecule has 0 spiro atoms. The molecular weight excluding hydrogens is 344 g/mol. The summed E-state index contributed by atoms with van der Waals surface area (Å²) >= 11 is 1.24. The lowest BCUT2D eigenvalue weighted by atomic mass is 10.1. The van der Waals surface area contributed by atoms with E-state index >= 15 is 0 Å². The number of nitrogens with one attached hydrogen (secondary N) is 1. The number of aromatic nitrogens is 1. The summed E-state index contributed by atoms with van der Waals surface area (Å²) in [5, 5.41) is 3.34. The monoisotopic (exact) mass is 370 g/mol. The van der Waals surface area contributed by atoms with Crippen molar-refractivity contribution < 1.29 is 9.53 Å². The van der Waals surface area contributed by atoms with Gasteiger partial charge in [0.1, 0.15) is 5.60 Å². The van der Waals surface area contributed by atoms with E-state index in [1.165, 1.54) is 28.5 Å². The van der Waals surface area contributed by atoms with Crippen LogP contribution < -0.4 is 5.32 Å². The summed E-state index contributed by atoms with van der Waals surface area (Å²) in [4.78, 5) is 16.7. The predicted octanol–water partition coefficient (Wildman–Crippen LogP) is 6.10. The molecule has 0 amide bonds. The van der Waals surface area contributed by atoms with Crippen LogP contribution in [0.25, 0.3) is 0 Å². The molecule has 1 aromatic heterocycles. The van der Waals surface area contributed by atoms with Crippen LogP contribution >= 0.6 is 11.8 Å². The zero-order valence-electron chi connectivity index (χ0n) is 16.1. The van der Waals surface area contributed by atoms with E-state index in [0.29, 0.717) is 0 Å². The van der Waals surface area contributed by atoms with Gasteiger partial charge < -0.3 is 10.1 Å². The lowest BCUT2D eigenvalue weighted by Crippen LogP contribution is -2.21. The second-order valence-electron chi connectivity index (χ2n) is 7.76. The van der Waals surface area contributed by atoms with Crippen molar-refractivity contribution in [2.45, 2.75) is 58.3 Å². The smallest absolute Gasteiger partial charge is 0.368 e. The third kappa shape index (κ3) is 4.39. The van der Waals surface area contributed by atoms with Crippen molar-refractivity contribution in [2.75, 3.05) is 5.32 Å². The minimum Gasteiger partial charge on any atom is -0.452 e. The number of carbonyl (C=O) groups excluding carboxylic acids is 1. The van der Waals surface area contributed by atoms with Crippen LogP contribution in [-0.4, -0.2) is 15.9 Å². The first-order valence-electron chi connectivity index (χ1n) is 8.94. The molecule has 3 rings (SSSR count). The lowest BCUT2D eigenvalue weighted by molar-refractivity contribution is 0.0737. The van der Waals surface area contributed by atoms with Crippen LogP contribution in [0.4, 0.5) is 16.2 Å². The number of carbonyl (C=O) groups is 1. The van der Waals surface area contributed by atoms with Crippen molar-refractivity contribution in [1.82, 2.24) is 4.98 Å². The van der Waals surface area contributed by atoms with Gasteiger partial charge in [-0.15, -0.1) is 0 Å². The largest absolute Gasteiger partial charge is 0.452 e. The molecule has 0 bridgehead atoms. The summed E-state index contributed by atoms with van der Waals surface area (Å²) in [6, 6.07) is 8.38. The molecule has 0 aliphatic heterocycles. The summed E-state index contributed by atoms with van der Waals surface area (Å²) in [6.45, 7) is 9.89. The van der Waals surface area contributed by atoms with Gasteiger partial charge in [0, 0.05) is 17.6 Å². The first kappa shape index (κ1) is 18.8. The Morgan fingerprint density at radius 1 is 1.23 bits per heavy atom. The van der Waals surface area contributed by atoms with E-state index in [1.54, 1.807) is 0 Å². The molecule has 2 aromatic rings. The van der Waals surface area contributed by atoms with Crippen molar-refractivity contribution in [2.24, 2.45) is 0 Å². The number of fused-ring (bicyclic) bond motifs is 1. The highest BCUT2D eigenvalue weighted by molar-refractivity contribution is 8.13. The van der Waals surface area contributed by atoms with Gasteiger partial charge in [-0.05, 0) is 94.1 Å². The van der Waals surface area contributed by atoms with Crippen LogP contribution in [0.3, 0.4) is 0 Å². The van der Waals surface area contributed by atoms with Crippen LogP contribution in [-0.2, 0) is 11.2 Å².